The maximum atomic E-state index is 3.71. The van der Waals surface area contributed by atoms with Crippen molar-refractivity contribution in [1.82, 2.24) is 5.32 Å². The van der Waals surface area contributed by atoms with Crippen LogP contribution in [-0.4, -0.2) is 7.05 Å². The van der Waals surface area contributed by atoms with Gasteiger partial charge >= 0.3 is 0 Å². The zero-order chi connectivity index (χ0) is 12.8. The van der Waals surface area contributed by atoms with E-state index in [0.717, 1.165) is 5.92 Å². The molecule has 3 rings (SSSR count). The second-order valence-corrected chi connectivity index (χ2v) is 6.80. The predicted molar refractivity (Wildman–Crippen MR) is 76.8 cm³/mol. The van der Waals surface area contributed by atoms with Crippen molar-refractivity contribution >= 4 is 0 Å². The van der Waals surface area contributed by atoms with E-state index in [0.29, 0.717) is 5.41 Å². The molecule has 2 atom stereocenters. The molecule has 1 saturated carbocycles. The molecule has 0 spiro atoms. The van der Waals surface area contributed by atoms with Gasteiger partial charge in [0.1, 0.15) is 0 Å². The zero-order valence-corrected chi connectivity index (χ0v) is 11.9. The Bertz CT molecular complexity index is 449. The van der Waals surface area contributed by atoms with Crippen LogP contribution in [0.15, 0.2) is 24.3 Å². The minimum Gasteiger partial charge on any atom is -0.310 e. The monoisotopic (exact) mass is 243 g/mol. The Labute approximate surface area is 111 Å². The Kier molecular flexibility index (Phi) is 2.78. The average Bonchev–Trinajstić information content (AvgIpc) is 2.39. The largest absolute Gasteiger partial charge is 0.310 e. The molecule has 1 heteroatoms. The standard InChI is InChI=1S/C17H25N/c1-16(2)12-13-8-6-7-11-17(13,18-3)15-10-5-4-9-14(15)16/h4-5,9-10,13,18H,6-8,11-12H2,1-3H3/t13-,17+/m0/s1. The van der Waals surface area contributed by atoms with E-state index >= 15 is 0 Å². The molecule has 0 saturated heterocycles. The van der Waals surface area contributed by atoms with E-state index in [9.17, 15) is 0 Å². The molecule has 0 bridgehead atoms. The Morgan fingerprint density at radius 1 is 1.11 bits per heavy atom. The fourth-order valence-corrected chi connectivity index (χ4v) is 4.53. The lowest BCUT2D eigenvalue weighted by molar-refractivity contribution is 0.100. The summed E-state index contributed by atoms with van der Waals surface area (Å²) in [5, 5.41) is 3.71. The van der Waals surface area contributed by atoms with Crippen LogP contribution in [0.1, 0.15) is 57.1 Å². The summed E-state index contributed by atoms with van der Waals surface area (Å²) in [5.74, 6) is 0.807. The number of hydrogen-bond donors (Lipinski definition) is 1. The van der Waals surface area contributed by atoms with E-state index in [1.165, 1.54) is 32.1 Å². The predicted octanol–water partition coefficient (Wildman–Crippen LogP) is 3.97. The summed E-state index contributed by atoms with van der Waals surface area (Å²) < 4.78 is 0. The fraction of sp³-hybridized carbons (Fsp3) is 0.647. The van der Waals surface area contributed by atoms with Gasteiger partial charge in [-0.05, 0) is 48.8 Å². The number of hydrogen-bond acceptors (Lipinski definition) is 1. The third-order valence-corrected chi connectivity index (χ3v) is 5.41. The lowest BCUT2D eigenvalue weighted by atomic mass is 9.56. The van der Waals surface area contributed by atoms with Crippen LogP contribution in [0.2, 0.25) is 0 Å². The van der Waals surface area contributed by atoms with Crippen LogP contribution >= 0.6 is 0 Å². The van der Waals surface area contributed by atoms with Crippen molar-refractivity contribution in [1.29, 1.82) is 0 Å². The van der Waals surface area contributed by atoms with Crippen LogP contribution < -0.4 is 5.32 Å². The molecule has 0 amide bonds. The van der Waals surface area contributed by atoms with Gasteiger partial charge in [-0.1, -0.05) is 51.0 Å². The summed E-state index contributed by atoms with van der Waals surface area (Å²) in [7, 11) is 2.16. The minimum atomic E-state index is 0.254. The molecule has 2 aliphatic rings. The van der Waals surface area contributed by atoms with Gasteiger partial charge in [0.25, 0.3) is 0 Å². The SMILES string of the molecule is CN[C@]12CCCC[C@H]1CC(C)(C)c1ccccc12. The first-order chi connectivity index (χ1) is 8.60. The number of benzene rings is 1. The summed E-state index contributed by atoms with van der Waals surface area (Å²) >= 11 is 0. The van der Waals surface area contributed by atoms with Crippen molar-refractivity contribution in [3.63, 3.8) is 0 Å². The first kappa shape index (κ1) is 12.2. The highest BCUT2D eigenvalue weighted by Crippen LogP contribution is 2.53. The van der Waals surface area contributed by atoms with Crippen molar-refractivity contribution < 1.29 is 0 Å². The van der Waals surface area contributed by atoms with Crippen LogP contribution in [0.4, 0.5) is 0 Å². The van der Waals surface area contributed by atoms with E-state index in [1.54, 1.807) is 11.1 Å². The van der Waals surface area contributed by atoms with E-state index in [-0.39, 0.29) is 5.54 Å². The molecule has 0 radical (unpaired) electrons. The van der Waals surface area contributed by atoms with E-state index in [1.807, 2.05) is 0 Å². The van der Waals surface area contributed by atoms with Gasteiger partial charge in [-0.2, -0.15) is 0 Å². The molecule has 0 unspecified atom stereocenters. The maximum Gasteiger partial charge on any atom is 0.0464 e. The Hall–Kier alpha value is -0.820. The second-order valence-electron chi connectivity index (χ2n) is 6.80. The molecule has 1 N–H and O–H groups in total. The molecule has 1 aromatic carbocycles. The van der Waals surface area contributed by atoms with E-state index in [2.05, 4.69) is 50.5 Å². The normalized spacial score (nSPS) is 33.6. The van der Waals surface area contributed by atoms with Gasteiger partial charge in [-0.15, -0.1) is 0 Å². The van der Waals surface area contributed by atoms with Crippen molar-refractivity contribution in [2.24, 2.45) is 5.92 Å². The van der Waals surface area contributed by atoms with Crippen LogP contribution in [0.25, 0.3) is 0 Å². The Morgan fingerprint density at radius 3 is 2.56 bits per heavy atom. The van der Waals surface area contributed by atoms with Crippen molar-refractivity contribution in [3.05, 3.63) is 35.4 Å². The molecule has 1 nitrogen and oxygen atoms in total. The van der Waals surface area contributed by atoms with Crippen molar-refractivity contribution in [2.45, 2.75) is 56.9 Å². The highest BCUT2D eigenvalue weighted by Gasteiger charge is 2.49. The Morgan fingerprint density at radius 2 is 1.83 bits per heavy atom. The van der Waals surface area contributed by atoms with Gasteiger partial charge in [0.15, 0.2) is 0 Å². The smallest absolute Gasteiger partial charge is 0.0464 e. The fourth-order valence-electron chi connectivity index (χ4n) is 4.53. The summed E-state index contributed by atoms with van der Waals surface area (Å²) in [6, 6.07) is 9.13. The molecular weight excluding hydrogens is 218 g/mol. The van der Waals surface area contributed by atoms with Gasteiger partial charge < -0.3 is 5.32 Å². The number of fused-ring (bicyclic) bond motifs is 3. The van der Waals surface area contributed by atoms with Gasteiger partial charge in [0, 0.05) is 5.54 Å². The van der Waals surface area contributed by atoms with Crippen LogP contribution in [-0.2, 0) is 11.0 Å². The van der Waals surface area contributed by atoms with Gasteiger partial charge in [0.05, 0.1) is 0 Å². The first-order valence-electron chi connectivity index (χ1n) is 7.39. The third-order valence-electron chi connectivity index (χ3n) is 5.41. The molecule has 18 heavy (non-hydrogen) atoms. The van der Waals surface area contributed by atoms with Crippen molar-refractivity contribution in [3.8, 4) is 0 Å². The van der Waals surface area contributed by atoms with E-state index in [4.69, 9.17) is 0 Å². The minimum absolute atomic E-state index is 0.254. The average molecular weight is 243 g/mol. The van der Waals surface area contributed by atoms with E-state index < -0.39 is 0 Å². The number of rotatable bonds is 1. The lowest BCUT2D eigenvalue weighted by Crippen LogP contribution is -2.54. The summed E-state index contributed by atoms with van der Waals surface area (Å²) in [5.41, 5.74) is 3.73. The van der Waals surface area contributed by atoms with Crippen LogP contribution in [0.5, 0.6) is 0 Å². The third kappa shape index (κ3) is 1.56. The molecule has 98 valence electrons. The second kappa shape index (κ2) is 4.09. The molecule has 0 heterocycles. The summed E-state index contributed by atoms with van der Waals surface area (Å²) in [6.45, 7) is 4.83. The molecular formula is C17H25N. The zero-order valence-electron chi connectivity index (χ0n) is 11.9. The molecule has 0 aliphatic heterocycles. The van der Waals surface area contributed by atoms with Crippen LogP contribution in [0.3, 0.4) is 0 Å². The highest BCUT2D eigenvalue weighted by atomic mass is 15.0. The molecule has 0 aromatic heterocycles. The highest BCUT2D eigenvalue weighted by molar-refractivity contribution is 5.42. The summed E-state index contributed by atoms with van der Waals surface area (Å²) in [6.07, 6.45) is 6.79. The van der Waals surface area contributed by atoms with Crippen molar-refractivity contribution in [2.75, 3.05) is 7.05 Å². The molecule has 2 aliphatic carbocycles. The van der Waals surface area contributed by atoms with Crippen LogP contribution in [0, 0.1) is 5.92 Å². The number of nitrogens with one attached hydrogen (secondary N) is 1. The van der Waals surface area contributed by atoms with Gasteiger partial charge in [-0.3, -0.25) is 0 Å². The topological polar surface area (TPSA) is 12.0 Å². The first-order valence-corrected chi connectivity index (χ1v) is 7.39. The van der Waals surface area contributed by atoms with Gasteiger partial charge in [-0.25, -0.2) is 0 Å². The Balaban J connectivity index is 2.19. The molecule has 1 fully saturated rings. The maximum absolute atomic E-state index is 3.71. The molecule has 1 aromatic rings. The quantitative estimate of drug-likeness (QED) is 0.787. The van der Waals surface area contributed by atoms with Gasteiger partial charge in [0.2, 0.25) is 0 Å². The summed E-state index contributed by atoms with van der Waals surface area (Å²) in [4.78, 5) is 0. The lowest BCUT2D eigenvalue weighted by Gasteiger charge is -2.53.